The largest absolute Gasteiger partial charge is 0.300 e. The van der Waals surface area contributed by atoms with E-state index in [-0.39, 0.29) is 5.41 Å². The van der Waals surface area contributed by atoms with Crippen LogP contribution in [-0.2, 0) is 10.2 Å². The average molecular weight is 189 g/mol. The molecule has 14 heavy (non-hydrogen) atoms. The molecule has 1 aliphatic carbocycles. The lowest BCUT2D eigenvalue weighted by molar-refractivity contribution is -0.117. The van der Waals surface area contributed by atoms with Crippen molar-refractivity contribution in [2.45, 2.75) is 38.5 Å². The minimum atomic E-state index is 0.0371. The normalized spacial score (nSPS) is 26.9. The maximum atomic E-state index is 11.3. The van der Waals surface area contributed by atoms with Crippen molar-refractivity contribution >= 4 is 5.78 Å². The van der Waals surface area contributed by atoms with Crippen LogP contribution in [0.4, 0.5) is 0 Å². The predicted molar refractivity (Wildman–Crippen MR) is 55.2 cm³/mol. The monoisotopic (exact) mass is 189 g/mol. The molecular weight excluding hydrogens is 174 g/mol. The Hall–Kier alpha value is -1.18. The first kappa shape index (κ1) is 9.38. The summed E-state index contributed by atoms with van der Waals surface area (Å²) in [4.78, 5) is 15.5. The van der Waals surface area contributed by atoms with Crippen LogP contribution < -0.4 is 0 Å². The molecule has 2 nitrogen and oxygen atoms in total. The zero-order valence-electron chi connectivity index (χ0n) is 8.71. The van der Waals surface area contributed by atoms with Gasteiger partial charge in [-0.05, 0) is 30.5 Å². The quantitative estimate of drug-likeness (QED) is 0.679. The summed E-state index contributed by atoms with van der Waals surface area (Å²) in [5.41, 5.74) is 2.53. The Labute approximate surface area is 84.4 Å². The lowest BCUT2D eigenvalue weighted by Crippen LogP contribution is -2.19. The van der Waals surface area contributed by atoms with Crippen molar-refractivity contribution in [3.8, 4) is 0 Å². The molecule has 1 aliphatic rings. The molecule has 1 unspecified atom stereocenters. The zero-order chi connectivity index (χ0) is 10.2. The first-order valence-corrected chi connectivity index (χ1v) is 5.05. The molecule has 0 bridgehead atoms. The van der Waals surface area contributed by atoms with Crippen LogP contribution in [-0.4, -0.2) is 10.8 Å². The van der Waals surface area contributed by atoms with Gasteiger partial charge in [0, 0.05) is 30.7 Å². The van der Waals surface area contributed by atoms with E-state index in [0.29, 0.717) is 12.2 Å². The van der Waals surface area contributed by atoms with E-state index in [1.165, 1.54) is 11.1 Å². The number of pyridine rings is 1. The van der Waals surface area contributed by atoms with Crippen LogP contribution >= 0.6 is 0 Å². The maximum Gasteiger partial charge on any atom is 0.133 e. The Morgan fingerprint density at radius 1 is 1.50 bits per heavy atom. The van der Waals surface area contributed by atoms with Crippen LogP contribution in [0.3, 0.4) is 0 Å². The number of carbonyl (C=O) groups excluding carboxylic acids is 1. The Bertz CT molecular complexity index is 372. The number of ketones is 1. The number of hydrogen-bond donors (Lipinski definition) is 0. The Morgan fingerprint density at radius 3 is 2.86 bits per heavy atom. The van der Waals surface area contributed by atoms with Crippen LogP contribution in [0.25, 0.3) is 0 Å². The van der Waals surface area contributed by atoms with E-state index in [1.807, 2.05) is 12.3 Å². The molecular formula is C12H15NO. The summed E-state index contributed by atoms with van der Waals surface area (Å²) in [7, 11) is 0. The molecule has 1 saturated carbocycles. The van der Waals surface area contributed by atoms with Crippen LogP contribution in [0.2, 0.25) is 0 Å². The van der Waals surface area contributed by atoms with Gasteiger partial charge in [-0.3, -0.25) is 9.78 Å². The summed E-state index contributed by atoms with van der Waals surface area (Å²) < 4.78 is 0. The third-order valence-corrected chi connectivity index (χ3v) is 3.23. The highest BCUT2D eigenvalue weighted by molar-refractivity contribution is 5.82. The number of aromatic nitrogens is 1. The van der Waals surface area contributed by atoms with E-state index >= 15 is 0 Å². The van der Waals surface area contributed by atoms with Crippen LogP contribution in [0.5, 0.6) is 0 Å². The van der Waals surface area contributed by atoms with Crippen molar-refractivity contribution in [2.75, 3.05) is 0 Å². The second-order valence-electron chi connectivity index (χ2n) is 4.47. The second-order valence-corrected chi connectivity index (χ2v) is 4.47. The molecule has 1 fully saturated rings. The van der Waals surface area contributed by atoms with E-state index in [4.69, 9.17) is 0 Å². The van der Waals surface area contributed by atoms with Gasteiger partial charge in [0.25, 0.3) is 0 Å². The highest BCUT2D eigenvalue weighted by Gasteiger charge is 2.36. The molecule has 1 atom stereocenters. The highest BCUT2D eigenvalue weighted by atomic mass is 16.1. The number of carbonyl (C=O) groups is 1. The van der Waals surface area contributed by atoms with Gasteiger partial charge >= 0.3 is 0 Å². The summed E-state index contributed by atoms with van der Waals surface area (Å²) in [6.07, 6.45) is 6.09. The van der Waals surface area contributed by atoms with Gasteiger partial charge in [0.05, 0.1) is 0 Å². The molecule has 2 rings (SSSR count). The topological polar surface area (TPSA) is 30.0 Å². The first-order chi connectivity index (χ1) is 6.62. The summed E-state index contributed by atoms with van der Waals surface area (Å²) >= 11 is 0. The molecule has 0 spiro atoms. The second kappa shape index (κ2) is 3.19. The smallest absolute Gasteiger partial charge is 0.133 e. The summed E-state index contributed by atoms with van der Waals surface area (Å²) in [5.74, 6) is 0.385. The van der Waals surface area contributed by atoms with Crippen LogP contribution in [0.1, 0.15) is 37.3 Å². The third kappa shape index (κ3) is 1.45. The standard InChI is InChI=1S/C12H15NO/c1-9-4-6-13-8-11(9)12(2)5-3-10(14)7-12/h4,6,8H,3,5,7H2,1-2H3. The van der Waals surface area contributed by atoms with Crippen molar-refractivity contribution in [3.05, 3.63) is 29.6 Å². The fourth-order valence-corrected chi connectivity index (χ4v) is 2.35. The third-order valence-electron chi connectivity index (χ3n) is 3.23. The first-order valence-electron chi connectivity index (χ1n) is 5.05. The molecule has 0 N–H and O–H groups in total. The molecule has 0 aliphatic heterocycles. The van der Waals surface area contributed by atoms with Gasteiger partial charge in [0.2, 0.25) is 0 Å². The number of nitrogens with zero attached hydrogens (tertiary/aromatic N) is 1. The lowest BCUT2D eigenvalue weighted by Gasteiger charge is -2.24. The van der Waals surface area contributed by atoms with Gasteiger partial charge in [0.1, 0.15) is 5.78 Å². The fraction of sp³-hybridized carbons (Fsp3) is 0.500. The lowest BCUT2D eigenvalue weighted by atomic mass is 9.80. The summed E-state index contributed by atoms with van der Waals surface area (Å²) in [6, 6.07) is 2.02. The Balaban J connectivity index is 2.40. The van der Waals surface area contributed by atoms with Gasteiger partial charge in [0.15, 0.2) is 0 Å². The molecule has 1 aromatic heterocycles. The minimum Gasteiger partial charge on any atom is -0.300 e. The van der Waals surface area contributed by atoms with Crippen LogP contribution in [0.15, 0.2) is 18.5 Å². The minimum absolute atomic E-state index is 0.0371. The molecule has 1 heterocycles. The SMILES string of the molecule is Cc1ccncc1C1(C)CCC(=O)C1. The van der Waals surface area contributed by atoms with E-state index in [0.717, 1.165) is 12.8 Å². The number of aryl methyl sites for hydroxylation is 1. The molecule has 0 aromatic carbocycles. The van der Waals surface area contributed by atoms with Crippen molar-refractivity contribution in [2.24, 2.45) is 0 Å². The number of hydrogen-bond acceptors (Lipinski definition) is 2. The molecule has 74 valence electrons. The van der Waals surface area contributed by atoms with Gasteiger partial charge in [-0.2, -0.15) is 0 Å². The maximum absolute atomic E-state index is 11.3. The fourth-order valence-electron chi connectivity index (χ4n) is 2.35. The van der Waals surface area contributed by atoms with Gasteiger partial charge < -0.3 is 0 Å². The molecule has 0 saturated heterocycles. The Morgan fingerprint density at radius 2 is 2.29 bits per heavy atom. The molecule has 1 aromatic rings. The number of Topliss-reactive ketones (excluding diaryl/α,β-unsaturated/α-hetero) is 1. The van der Waals surface area contributed by atoms with Crippen molar-refractivity contribution in [1.29, 1.82) is 0 Å². The van der Waals surface area contributed by atoms with Gasteiger partial charge in [-0.15, -0.1) is 0 Å². The van der Waals surface area contributed by atoms with E-state index in [1.54, 1.807) is 6.20 Å². The van der Waals surface area contributed by atoms with Crippen molar-refractivity contribution in [1.82, 2.24) is 4.98 Å². The van der Waals surface area contributed by atoms with Crippen LogP contribution in [0, 0.1) is 6.92 Å². The molecule has 0 radical (unpaired) electrons. The van der Waals surface area contributed by atoms with E-state index < -0.39 is 0 Å². The van der Waals surface area contributed by atoms with Crippen molar-refractivity contribution in [3.63, 3.8) is 0 Å². The molecule has 2 heteroatoms. The summed E-state index contributed by atoms with van der Waals surface area (Å²) in [6.45, 7) is 4.26. The van der Waals surface area contributed by atoms with E-state index in [2.05, 4.69) is 18.8 Å². The van der Waals surface area contributed by atoms with Gasteiger partial charge in [-0.1, -0.05) is 6.92 Å². The zero-order valence-corrected chi connectivity index (χ0v) is 8.71. The summed E-state index contributed by atoms with van der Waals surface area (Å²) in [5, 5.41) is 0. The van der Waals surface area contributed by atoms with Gasteiger partial charge in [-0.25, -0.2) is 0 Å². The highest BCUT2D eigenvalue weighted by Crippen LogP contribution is 2.39. The number of rotatable bonds is 1. The average Bonchev–Trinajstić information content (AvgIpc) is 2.48. The Kier molecular flexibility index (Phi) is 2.14. The predicted octanol–water partition coefficient (Wildman–Crippen LogP) is 2.40. The van der Waals surface area contributed by atoms with E-state index in [9.17, 15) is 4.79 Å². The van der Waals surface area contributed by atoms with Crippen molar-refractivity contribution < 1.29 is 4.79 Å². The molecule has 0 amide bonds.